The van der Waals surface area contributed by atoms with Gasteiger partial charge in [0.15, 0.2) is 0 Å². The summed E-state index contributed by atoms with van der Waals surface area (Å²) in [6, 6.07) is 1.83. The van der Waals surface area contributed by atoms with E-state index in [1.54, 1.807) is 25.4 Å². The smallest absolute Gasteiger partial charge is 0.309 e. The van der Waals surface area contributed by atoms with Gasteiger partial charge in [-0.05, 0) is 19.1 Å². The molecule has 0 bridgehead atoms. The van der Waals surface area contributed by atoms with E-state index in [0.29, 0.717) is 12.4 Å². The van der Waals surface area contributed by atoms with Crippen molar-refractivity contribution in [3.05, 3.63) is 36.4 Å². The van der Waals surface area contributed by atoms with Gasteiger partial charge in [0.1, 0.15) is 0 Å². The Morgan fingerprint density at radius 1 is 1.53 bits per heavy atom. The van der Waals surface area contributed by atoms with Crippen LogP contribution in [0.15, 0.2) is 30.7 Å². The van der Waals surface area contributed by atoms with Crippen molar-refractivity contribution in [1.29, 1.82) is 0 Å². The first kappa shape index (κ1) is 11.3. The summed E-state index contributed by atoms with van der Waals surface area (Å²) in [5, 5.41) is 0. The van der Waals surface area contributed by atoms with Crippen molar-refractivity contribution in [2.45, 2.75) is 13.3 Å². The van der Waals surface area contributed by atoms with Gasteiger partial charge in [0.25, 0.3) is 0 Å². The van der Waals surface area contributed by atoms with E-state index in [1.165, 1.54) is 0 Å². The summed E-state index contributed by atoms with van der Waals surface area (Å²) >= 11 is 0. The second kappa shape index (κ2) is 5.25. The monoisotopic (exact) mass is 231 g/mol. The summed E-state index contributed by atoms with van der Waals surface area (Å²) in [5.74, 6) is 0.416. The van der Waals surface area contributed by atoms with E-state index < -0.39 is 0 Å². The quantitative estimate of drug-likeness (QED) is 0.751. The standard InChI is InChI=1S/C12H13N3O2/c1-2-17-11(16)6-3-5-10-9-14-12-13-7-4-8-15(10)12/h3-5,7-9H,2,6H2,1H3. The van der Waals surface area contributed by atoms with Crippen LogP contribution in [-0.4, -0.2) is 26.9 Å². The fraction of sp³-hybridized carbons (Fsp3) is 0.250. The number of carbonyl (C=O) groups excluding carboxylic acids is 1. The molecule has 0 N–H and O–H groups in total. The molecule has 2 rings (SSSR count). The second-order valence-electron chi connectivity index (χ2n) is 3.38. The fourth-order valence-corrected chi connectivity index (χ4v) is 1.47. The summed E-state index contributed by atoms with van der Waals surface area (Å²) in [6.07, 6.45) is 9.13. The van der Waals surface area contributed by atoms with E-state index in [1.807, 2.05) is 22.7 Å². The SMILES string of the molecule is CCOC(=O)CC=Cc1cnc2ncccn12. The first-order valence-electron chi connectivity index (χ1n) is 5.41. The molecule has 88 valence electrons. The van der Waals surface area contributed by atoms with Gasteiger partial charge in [-0.2, -0.15) is 0 Å². The summed E-state index contributed by atoms with van der Waals surface area (Å²) in [4.78, 5) is 19.4. The molecule has 0 atom stereocenters. The van der Waals surface area contributed by atoms with Crippen molar-refractivity contribution in [1.82, 2.24) is 14.4 Å². The average molecular weight is 231 g/mol. The van der Waals surface area contributed by atoms with E-state index in [2.05, 4.69) is 9.97 Å². The summed E-state index contributed by atoms with van der Waals surface area (Å²) in [5.41, 5.74) is 0.886. The third kappa shape index (κ3) is 2.69. The third-order valence-corrected chi connectivity index (χ3v) is 2.20. The molecule has 0 fully saturated rings. The minimum Gasteiger partial charge on any atom is -0.466 e. The van der Waals surface area contributed by atoms with Crippen LogP contribution in [0.25, 0.3) is 11.9 Å². The number of aromatic nitrogens is 3. The van der Waals surface area contributed by atoms with Crippen LogP contribution in [0.4, 0.5) is 0 Å². The molecule has 0 amide bonds. The molecule has 0 aliphatic carbocycles. The lowest BCUT2D eigenvalue weighted by atomic mass is 10.3. The van der Waals surface area contributed by atoms with Gasteiger partial charge in [0, 0.05) is 12.4 Å². The highest BCUT2D eigenvalue weighted by Gasteiger charge is 2.00. The molecule has 0 radical (unpaired) electrons. The molecule has 0 saturated heterocycles. The van der Waals surface area contributed by atoms with Gasteiger partial charge in [0.05, 0.1) is 24.9 Å². The van der Waals surface area contributed by atoms with Gasteiger partial charge < -0.3 is 4.74 Å². The van der Waals surface area contributed by atoms with E-state index >= 15 is 0 Å². The Morgan fingerprint density at radius 3 is 3.24 bits per heavy atom. The van der Waals surface area contributed by atoms with Gasteiger partial charge >= 0.3 is 5.97 Å². The number of esters is 1. The molecule has 0 aliphatic heterocycles. The first-order chi connectivity index (χ1) is 8.31. The Hall–Kier alpha value is -2.17. The maximum Gasteiger partial charge on any atom is 0.309 e. The van der Waals surface area contributed by atoms with Crippen LogP contribution in [0.1, 0.15) is 19.0 Å². The molecule has 5 heteroatoms. The molecule has 2 aromatic heterocycles. The van der Waals surface area contributed by atoms with Crippen LogP contribution in [-0.2, 0) is 9.53 Å². The van der Waals surface area contributed by atoms with Gasteiger partial charge in [-0.3, -0.25) is 9.20 Å². The van der Waals surface area contributed by atoms with Crippen LogP contribution >= 0.6 is 0 Å². The van der Waals surface area contributed by atoms with Crippen molar-refractivity contribution in [2.75, 3.05) is 6.61 Å². The molecule has 0 aliphatic rings. The highest BCUT2D eigenvalue weighted by Crippen LogP contribution is 2.06. The zero-order chi connectivity index (χ0) is 12.1. The summed E-state index contributed by atoms with van der Waals surface area (Å²) < 4.78 is 6.67. The van der Waals surface area contributed by atoms with E-state index in [-0.39, 0.29) is 12.4 Å². The molecule has 2 aromatic rings. The van der Waals surface area contributed by atoms with E-state index in [4.69, 9.17) is 4.74 Å². The van der Waals surface area contributed by atoms with Gasteiger partial charge in [-0.25, -0.2) is 9.97 Å². The van der Waals surface area contributed by atoms with E-state index in [9.17, 15) is 4.79 Å². The predicted molar refractivity (Wildman–Crippen MR) is 63.3 cm³/mol. The third-order valence-electron chi connectivity index (χ3n) is 2.20. The van der Waals surface area contributed by atoms with Crippen molar-refractivity contribution < 1.29 is 9.53 Å². The lowest BCUT2D eigenvalue weighted by Crippen LogP contribution is -2.01. The normalized spacial score (nSPS) is 11.1. The minimum absolute atomic E-state index is 0.226. The topological polar surface area (TPSA) is 56.5 Å². The van der Waals surface area contributed by atoms with Crippen molar-refractivity contribution in [3.8, 4) is 0 Å². The number of fused-ring (bicyclic) bond motifs is 1. The Labute approximate surface area is 98.8 Å². The molecule has 0 aromatic carbocycles. The second-order valence-corrected chi connectivity index (χ2v) is 3.38. The molecule has 2 heterocycles. The van der Waals surface area contributed by atoms with Crippen molar-refractivity contribution in [2.24, 2.45) is 0 Å². The Bertz CT molecular complexity index is 545. The zero-order valence-corrected chi connectivity index (χ0v) is 9.54. The molecular formula is C12H13N3O2. The van der Waals surface area contributed by atoms with Crippen molar-refractivity contribution >= 4 is 17.8 Å². The summed E-state index contributed by atoms with van der Waals surface area (Å²) in [7, 11) is 0. The maximum atomic E-state index is 11.1. The highest BCUT2D eigenvalue weighted by molar-refractivity contribution is 5.72. The lowest BCUT2D eigenvalue weighted by Gasteiger charge is -1.97. The molecule has 5 nitrogen and oxygen atoms in total. The first-order valence-corrected chi connectivity index (χ1v) is 5.41. The summed E-state index contributed by atoms with van der Waals surface area (Å²) in [6.45, 7) is 2.20. The van der Waals surface area contributed by atoms with Crippen LogP contribution in [0, 0.1) is 0 Å². The molecule has 17 heavy (non-hydrogen) atoms. The molecule has 0 spiro atoms. The number of nitrogens with zero attached hydrogens (tertiary/aromatic N) is 3. The zero-order valence-electron chi connectivity index (χ0n) is 9.54. The lowest BCUT2D eigenvalue weighted by molar-refractivity contribution is -0.142. The average Bonchev–Trinajstić information content (AvgIpc) is 2.73. The minimum atomic E-state index is -0.226. The van der Waals surface area contributed by atoms with Gasteiger partial charge in [-0.1, -0.05) is 6.08 Å². The molecular weight excluding hydrogens is 218 g/mol. The van der Waals surface area contributed by atoms with Crippen molar-refractivity contribution in [3.63, 3.8) is 0 Å². The number of rotatable bonds is 4. The van der Waals surface area contributed by atoms with E-state index in [0.717, 1.165) is 5.69 Å². The van der Waals surface area contributed by atoms with Crippen LogP contribution < -0.4 is 0 Å². The number of carbonyl (C=O) groups is 1. The van der Waals surface area contributed by atoms with Gasteiger partial charge in [0.2, 0.25) is 5.78 Å². The van der Waals surface area contributed by atoms with Gasteiger partial charge in [-0.15, -0.1) is 0 Å². The molecule has 0 unspecified atom stereocenters. The number of hydrogen-bond donors (Lipinski definition) is 0. The highest BCUT2D eigenvalue weighted by atomic mass is 16.5. The Kier molecular flexibility index (Phi) is 3.49. The Balaban J connectivity index is 2.08. The van der Waals surface area contributed by atoms with Crippen LogP contribution in [0.3, 0.4) is 0 Å². The number of ether oxygens (including phenoxy) is 1. The fourth-order valence-electron chi connectivity index (χ4n) is 1.47. The largest absolute Gasteiger partial charge is 0.466 e. The number of imidazole rings is 1. The van der Waals surface area contributed by atoms with Crippen LogP contribution in [0.2, 0.25) is 0 Å². The Morgan fingerprint density at radius 2 is 2.41 bits per heavy atom. The molecule has 0 saturated carbocycles. The predicted octanol–water partition coefficient (Wildman–Crippen LogP) is 1.70. The number of hydrogen-bond acceptors (Lipinski definition) is 4. The van der Waals surface area contributed by atoms with Crippen LogP contribution in [0.5, 0.6) is 0 Å². The maximum absolute atomic E-state index is 11.1.